The van der Waals surface area contributed by atoms with E-state index in [1.54, 1.807) is 28.4 Å². The molecule has 0 unspecified atom stereocenters. The maximum absolute atomic E-state index is 6.62. The van der Waals surface area contributed by atoms with Gasteiger partial charge in [0.25, 0.3) is 0 Å². The average Bonchev–Trinajstić information content (AvgIpc) is 2.32. The standard InChI is InChI=1S/C11H30O5Si4/c1-11(2)16-17(7,8)18(9,10)20(14-5,15-6)19(11,12-3)13-4/h1-10H3. The topological polar surface area (TPSA) is 46.2 Å². The van der Waals surface area contributed by atoms with E-state index in [0.717, 1.165) is 0 Å². The Hall–Kier alpha value is 0.668. The fourth-order valence-electron chi connectivity index (χ4n) is 3.74. The van der Waals surface area contributed by atoms with Gasteiger partial charge in [0.1, 0.15) is 7.11 Å². The molecule has 0 bridgehead atoms. The molecule has 1 heterocycles. The monoisotopic (exact) mass is 354 g/mol. The van der Waals surface area contributed by atoms with Gasteiger partial charge in [0, 0.05) is 28.4 Å². The second-order valence-electron chi connectivity index (χ2n) is 6.80. The lowest BCUT2D eigenvalue weighted by molar-refractivity contribution is 0.0914. The lowest BCUT2D eigenvalue weighted by atomic mass is 10.5. The Kier molecular flexibility index (Phi) is 5.04. The van der Waals surface area contributed by atoms with Crippen molar-refractivity contribution in [1.29, 1.82) is 0 Å². The first-order valence-electron chi connectivity index (χ1n) is 6.86. The van der Waals surface area contributed by atoms with Crippen molar-refractivity contribution in [1.82, 2.24) is 0 Å². The zero-order chi connectivity index (χ0) is 16.0. The van der Waals surface area contributed by atoms with Crippen LogP contribution in [0.25, 0.3) is 0 Å². The Morgan fingerprint density at radius 3 is 1.45 bits per heavy atom. The van der Waals surface area contributed by atoms with E-state index in [-0.39, 0.29) is 0 Å². The van der Waals surface area contributed by atoms with Crippen LogP contribution in [0.2, 0.25) is 26.2 Å². The van der Waals surface area contributed by atoms with Crippen molar-refractivity contribution < 1.29 is 22.1 Å². The predicted octanol–water partition coefficient (Wildman–Crippen LogP) is 1.95. The lowest BCUT2D eigenvalue weighted by Gasteiger charge is -2.63. The molecule has 1 fully saturated rings. The van der Waals surface area contributed by atoms with Gasteiger partial charge in [-0.1, -0.05) is 13.1 Å². The zero-order valence-electron chi connectivity index (χ0n) is 14.5. The molecule has 5 nitrogen and oxygen atoms in total. The number of hydrogen-bond donors (Lipinski definition) is 0. The molecule has 0 aromatic carbocycles. The molecule has 20 heavy (non-hydrogen) atoms. The molecule has 0 atom stereocenters. The third-order valence-corrected chi connectivity index (χ3v) is 57.5. The van der Waals surface area contributed by atoms with Crippen LogP contribution in [0.1, 0.15) is 13.8 Å². The van der Waals surface area contributed by atoms with Crippen LogP contribution < -0.4 is 0 Å². The Morgan fingerprint density at radius 2 is 1.15 bits per heavy atom. The van der Waals surface area contributed by atoms with Gasteiger partial charge in [-0.05, 0) is 26.9 Å². The summed E-state index contributed by atoms with van der Waals surface area (Å²) in [5, 5.41) is -0.479. The second-order valence-corrected chi connectivity index (χ2v) is 38.6. The molecule has 0 radical (unpaired) electrons. The first-order valence-corrected chi connectivity index (χ1v) is 19.4. The molecule has 0 aromatic rings. The van der Waals surface area contributed by atoms with E-state index in [9.17, 15) is 0 Å². The highest BCUT2D eigenvalue weighted by atomic mass is 29.9. The molecule has 1 saturated heterocycles. The van der Waals surface area contributed by atoms with Crippen molar-refractivity contribution in [3.63, 3.8) is 0 Å². The van der Waals surface area contributed by atoms with Gasteiger partial charge < -0.3 is 22.1 Å². The molecule has 1 rings (SSSR count). The molecule has 1 aliphatic rings. The minimum atomic E-state index is -2.79. The molecule has 0 aromatic heterocycles. The van der Waals surface area contributed by atoms with Crippen molar-refractivity contribution in [2.75, 3.05) is 28.4 Å². The summed E-state index contributed by atoms with van der Waals surface area (Å²) in [6, 6.07) is 0. The maximum Gasteiger partial charge on any atom is 0.409 e. The molecular formula is C11H30O5Si4. The molecule has 0 aliphatic carbocycles. The van der Waals surface area contributed by atoms with Gasteiger partial charge in [0.2, 0.25) is 0 Å². The highest BCUT2D eigenvalue weighted by Gasteiger charge is 2.84. The van der Waals surface area contributed by atoms with Crippen LogP contribution in [0.3, 0.4) is 0 Å². The summed E-state index contributed by atoms with van der Waals surface area (Å²) < 4.78 is 31.0. The molecule has 1 aliphatic heterocycles. The summed E-state index contributed by atoms with van der Waals surface area (Å²) in [5.74, 6) is 0. The van der Waals surface area contributed by atoms with Crippen molar-refractivity contribution in [3.8, 4) is 0 Å². The number of hydrogen-bond acceptors (Lipinski definition) is 5. The van der Waals surface area contributed by atoms with Crippen LogP contribution in [-0.2, 0) is 22.1 Å². The Bertz CT molecular complexity index is 364. The van der Waals surface area contributed by atoms with Gasteiger partial charge >= 0.3 is 15.7 Å². The molecule has 0 N–H and O–H groups in total. The summed E-state index contributed by atoms with van der Waals surface area (Å²) in [7, 11) is -2.35. The summed E-state index contributed by atoms with van der Waals surface area (Å²) in [5.41, 5.74) is 0. The van der Waals surface area contributed by atoms with Crippen molar-refractivity contribution in [2.24, 2.45) is 0 Å². The summed E-state index contributed by atoms with van der Waals surface area (Å²) in [6.07, 6.45) is 0. The Morgan fingerprint density at radius 1 is 0.750 bits per heavy atom. The van der Waals surface area contributed by atoms with Crippen molar-refractivity contribution in [2.45, 2.75) is 45.3 Å². The highest BCUT2D eigenvalue weighted by Crippen LogP contribution is 2.48. The summed E-state index contributed by atoms with van der Waals surface area (Å²) >= 11 is 0. The average molecular weight is 355 g/mol. The Labute approximate surface area is 126 Å². The molecule has 120 valence electrons. The van der Waals surface area contributed by atoms with E-state index >= 15 is 0 Å². The Balaban J connectivity index is 3.71. The van der Waals surface area contributed by atoms with Crippen LogP contribution in [0, 0.1) is 0 Å². The fourth-order valence-corrected chi connectivity index (χ4v) is 62.2. The highest BCUT2D eigenvalue weighted by molar-refractivity contribution is 7.79. The van der Waals surface area contributed by atoms with Crippen molar-refractivity contribution >= 4 is 30.6 Å². The van der Waals surface area contributed by atoms with E-state index in [0.29, 0.717) is 0 Å². The fraction of sp³-hybridized carbons (Fsp3) is 1.00. The number of rotatable bonds is 4. The van der Waals surface area contributed by atoms with Crippen molar-refractivity contribution in [3.05, 3.63) is 0 Å². The van der Waals surface area contributed by atoms with E-state index in [2.05, 4.69) is 40.0 Å². The largest absolute Gasteiger partial charge is 0.413 e. The normalized spacial score (nSPS) is 29.1. The zero-order valence-corrected chi connectivity index (χ0v) is 18.5. The maximum atomic E-state index is 6.62. The van der Waals surface area contributed by atoms with Gasteiger partial charge in [-0.3, -0.25) is 0 Å². The van der Waals surface area contributed by atoms with E-state index < -0.39 is 35.8 Å². The van der Waals surface area contributed by atoms with Gasteiger partial charge in [-0.15, -0.1) is 0 Å². The van der Waals surface area contributed by atoms with E-state index in [1.165, 1.54) is 0 Å². The van der Waals surface area contributed by atoms with Gasteiger partial charge in [-0.2, -0.15) is 0 Å². The van der Waals surface area contributed by atoms with Gasteiger partial charge in [0.15, 0.2) is 7.83 Å². The van der Waals surface area contributed by atoms with E-state index in [1.807, 2.05) is 0 Å². The minimum Gasteiger partial charge on any atom is -0.413 e. The van der Waals surface area contributed by atoms with Crippen LogP contribution in [0.5, 0.6) is 0 Å². The first kappa shape index (κ1) is 18.7. The summed E-state index contributed by atoms with van der Waals surface area (Å²) in [6.45, 7) is 13.4. The van der Waals surface area contributed by atoms with Gasteiger partial charge in [0.05, 0.1) is 5.22 Å². The summed E-state index contributed by atoms with van der Waals surface area (Å²) in [4.78, 5) is 0. The molecule has 0 saturated carbocycles. The van der Waals surface area contributed by atoms with E-state index in [4.69, 9.17) is 22.1 Å². The third-order valence-electron chi connectivity index (χ3n) is 5.21. The predicted molar refractivity (Wildman–Crippen MR) is 89.7 cm³/mol. The van der Waals surface area contributed by atoms with Crippen LogP contribution >= 0.6 is 0 Å². The van der Waals surface area contributed by atoms with Crippen LogP contribution in [0.15, 0.2) is 0 Å². The second kappa shape index (κ2) is 5.39. The smallest absolute Gasteiger partial charge is 0.409 e. The SMILES string of the molecule is CO[Si]1(OC)C(C)(C)O[Si](C)(C)[Si](C)(C)[Si]1(OC)OC. The first-order chi connectivity index (χ1) is 8.95. The van der Waals surface area contributed by atoms with Crippen LogP contribution in [-0.4, -0.2) is 64.3 Å². The lowest BCUT2D eigenvalue weighted by Crippen LogP contribution is -2.96. The molecular weight excluding hydrogens is 324 g/mol. The van der Waals surface area contributed by atoms with Gasteiger partial charge in [-0.25, -0.2) is 0 Å². The molecule has 0 spiro atoms. The minimum absolute atomic E-state index is 0.479. The quantitative estimate of drug-likeness (QED) is 0.722. The molecule has 9 heteroatoms. The third kappa shape index (κ3) is 1.95. The molecule has 0 amide bonds. The van der Waals surface area contributed by atoms with Crippen LogP contribution in [0.4, 0.5) is 0 Å².